The summed E-state index contributed by atoms with van der Waals surface area (Å²) in [6, 6.07) is 0. The third kappa shape index (κ3) is 64.5. The third-order valence-corrected chi connectivity index (χ3v) is 15.9. The molecule has 78 heavy (non-hydrogen) atoms. The van der Waals surface area contributed by atoms with Crippen LogP contribution < -0.4 is 0 Å². The van der Waals surface area contributed by atoms with Crippen LogP contribution in [0.4, 0.5) is 0 Å². The van der Waals surface area contributed by atoms with Crippen LogP contribution in [0.25, 0.3) is 0 Å². The average molecular weight is 1100 g/mol. The second-order valence-electron chi connectivity index (χ2n) is 23.8. The lowest BCUT2D eigenvalue weighted by Crippen LogP contribution is -2.30. The molecule has 6 heteroatoms. The molecule has 0 rings (SSSR count). The quantitative estimate of drug-likeness (QED) is 0.0261. The summed E-state index contributed by atoms with van der Waals surface area (Å²) >= 11 is 0. The molecule has 1 unspecified atom stereocenters. The zero-order chi connectivity index (χ0) is 56.4. The molecule has 0 fully saturated rings. The van der Waals surface area contributed by atoms with Gasteiger partial charge in [-0.2, -0.15) is 0 Å². The SMILES string of the molecule is CCCCCCC/C=C\C/C=C\C/C=C\CCCCCCCCCCCCCCCCCCC(=O)OCC(COC(=O)CCCCCCCCCC)OC(=O)CCCCCCCCCCCCCCCCCCCCCCC. The van der Waals surface area contributed by atoms with Gasteiger partial charge in [0.1, 0.15) is 13.2 Å². The van der Waals surface area contributed by atoms with Gasteiger partial charge in [0.05, 0.1) is 0 Å². The molecular weight excluding hydrogens is 961 g/mol. The first kappa shape index (κ1) is 75.6. The largest absolute Gasteiger partial charge is 0.462 e. The zero-order valence-corrected chi connectivity index (χ0v) is 52.7. The lowest BCUT2D eigenvalue weighted by Gasteiger charge is -2.18. The van der Waals surface area contributed by atoms with Crippen LogP contribution in [0.1, 0.15) is 387 Å². The van der Waals surface area contributed by atoms with Crippen molar-refractivity contribution >= 4 is 17.9 Å². The van der Waals surface area contributed by atoms with Gasteiger partial charge in [0.15, 0.2) is 6.10 Å². The molecule has 458 valence electrons. The Balaban J connectivity index is 4.04. The summed E-state index contributed by atoms with van der Waals surface area (Å²) in [5.74, 6) is -0.842. The summed E-state index contributed by atoms with van der Waals surface area (Å²) in [4.78, 5) is 38.2. The van der Waals surface area contributed by atoms with E-state index in [2.05, 4.69) is 57.2 Å². The Morgan fingerprint density at radius 1 is 0.256 bits per heavy atom. The highest BCUT2D eigenvalue weighted by atomic mass is 16.6. The van der Waals surface area contributed by atoms with E-state index in [4.69, 9.17) is 14.2 Å². The fourth-order valence-corrected chi connectivity index (χ4v) is 10.6. The molecule has 0 radical (unpaired) electrons. The van der Waals surface area contributed by atoms with Crippen LogP contribution in [0.15, 0.2) is 36.5 Å². The van der Waals surface area contributed by atoms with Crippen molar-refractivity contribution in [3.63, 3.8) is 0 Å². The molecule has 0 spiro atoms. The predicted octanol–water partition coefficient (Wildman–Crippen LogP) is 23.9. The van der Waals surface area contributed by atoms with Crippen LogP contribution in [-0.2, 0) is 28.6 Å². The molecule has 0 aliphatic carbocycles. The Hall–Kier alpha value is -2.37. The molecule has 0 aliphatic heterocycles. The molecule has 0 amide bonds. The summed E-state index contributed by atoms with van der Waals surface area (Å²) in [5, 5.41) is 0. The zero-order valence-electron chi connectivity index (χ0n) is 52.7. The Morgan fingerprint density at radius 3 is 0.718 bits per heavy atom. The standard InChI is InChI=1S/C72H134O6/c1-4-7-10-13-16-19-21-23-25-27-29-31-32-33-34-35-36-37-38-39-40-42-43-45-47-49-51-53-56-59-62-65-71(74)77-68-69(67-76-70(73)64-61-58-55-18-15-12-9-6-3)78-72(75)66-63-60-57-54-52-50-48-46-44-41-30-28-26-24-22-20-17-14-11-8-5-2/h21,23,27,29,32-33,69H,4-20,22,24-26,28,30-31,34-68H2,1-3H3/b23-21-,29-27-,33-32-. The van der Waals surface area contributed by atoms with Crippen molar-refractivity contribution in [2.45, 2.75) is 393 Å². The van der Waals surface area contributed by atoms with Crippen LogP contribution in [0, 0.1) is 0 Å². The van der Waals surface area contributed by atoms with Gasteiger partial charge in [0.25, 0.3) is 0 Å². The predicted molar refractivity (Wildman–Crippen MR) is 339 cm³/mol. The van der Waals surface area contributed by atoms with Gasteiger partial charge in [0, 0.05) is 19.3 Å². The van der Waals surface area contributed by atoms with Gasteiger partial charge in [-0.05, 0) is 57.8 Å². The summed E-state index contributed by atoms with van der Waals surface area (Å²) in [6.07, 6.45) is 83.4. The number of hydrogen-bond acceptors (Lipinski definition) is 6. The van der Waals surface area contributed by atoms with Crippen molar-refractivity contribution in [3.05, 3.63) is 36.5 Å². The van der Waals surface area contributed by atoms with E-state index in [1.54, 1.807) is 0 Å². The molecule has 0 bridgehead atoms. The van der Waals surface area contributed by atoms with E-state index in [1.807, 2.05) is 0 Å². The van der Waals surface area contributed by atoms with Gasteiger partial charge in [-0.15, -0.1) is 0 Å². The smallest absolute Gasteiger partial charge is 0.306 e. The van der Waals surface area contributed by atoms with E-state index in [0.29, 0.717) is 19.3 Å². The van der Waals surface area contributed by atoms with E-state index in [0.717, 1.165) is 70.6 Å². The monoisotopic (exact) mass is 1100 g/mol. The Labute approximate surface area is 486 Å². The number of esters is 3. The van der Waals surface area contributed by atoms with Crippen molar-refractivity contribution in [1.29, 1.82) is 0 Å². The molecule has 0 aromatic carbocycles. The van der Waals surface area contributed by atoms with Crippen molar-refractivity contribution < 1.29 is 28.6 Å². The third-order valence-electron chi connectivity index (χ3n) is 15.9. The maximum absolute atomic E-state index is 12.9. The minimum Gasteiger partial charge on any atom is -0.462 e. The van der Waals surface area contributed by atoms with Gasteiger partial charge < -0.3 is 14.2 Å². The normalized spacial score (nSPS) is 12.2. The van der Waals surface area contributed by atoms with Gasteiger partial charge >= 0.3 is 17.9 Å². The summed E-state index contributed by atoms with van der Waals surface area (Å²) in [5.41, 5.74) is 0. The number of rotatable bonds is 65. The summed E-state index contributed by atoms with van der Waals surface area (Å²) in [6.45, 7) is 6.67. The lowest BCUT2D eigenvalue weighted by atomic mass is 10.0. The average Bonchev–Trinajstić information content (AvgIpc) is 3.44. The Kier molecular flexibility index (Phi) is 65.1. The molecule has 0 aromatic heterocycles. The molecule has 0 aromatic rings. The Morgan fingerprint density at radius 2 is 0.462 bits per heavy atom. The van der Waals surface area contributed by atoms with Crippen LogP contribution in [0.3, 0.4) is 0 Å². The van der Waals surface area contributed by atoms with Crippen LogP contribution >= 0.6 is 0 Å². The van der Waals surface area contributed by atoms with Crippen LogP contribution in [0.2, 0.25) is 0 Å². The highest BCUT2D eigenvalue weighted by molar-refractivity contribution is 5.71. The molecular formula is C72H134O6. The Bertz CT molecular complexity index is 1300. The number of ether oxygens (including phenoxy) is 3. The van der Waals surface area contributed by atoms with E-state index in [-0.39, 0.29) is 31.1 Å². The van der Waals surface area contributed by atoms with Gasteiger partial charge in [-0.25, -0.2) is 0 Å². The van der Waals surface area contributed by atoms with Gasteiger partial charge in [-0.3, -0.25) is 14.4 Å². The summed E-state index contributed by atoms with van der Waals surface area (Å²) < 4.78 is 16.9. The fourth-order valence-electron chi connectivity index (χ4n) is 10.6. The second kappa shape index (κ2) is 67.1. The molecule has 0 saturated heterocycles. The van der Waals surface area contributed by atoms with E-state index >= 15 is 0 Å². The topological polar surface area (TPSA) is 78.9 Å². The van der Waals surface area contributed by atoms with E-state index in [9.17, 15) is 14.4 Å². The highest BCUT2D eigenvalue weighted by Gasteiger charge is 2.19. The van der Waals surface area contributed by atoms with Crippen molar-refractivity contribution in [3.8, 4) is 0 Å². The molecule has 0 saturated carbocycles. The van der Waals surface area contributed by atoms with Crippen molar-refractivity contribution in [2.24, 2.45) is 0 Å². The molecule has 1 atom stereocenters. The van der Waals surface area contributed by atoms with Gasteiger partial charge in [0.2, 0.25) is 0 Å². The van der Waals surface area contributed by atoms with Crippen LogP contribution in [0.5, 0.6) is 0 Å². The van der Waals surface area contributed by atoms with E-state index < -0.39 is 6.10 Å². The maximum Gasteiger partial charge on any atom is 0.306 e. The first-order valence-corrected chi connectivity index (χ1v) is 35.0. The molecule has 0 aliphatic rings. The molecule has 0 N–H and O–H groups in total. The first-order chi connectivity index (χ1) is 38.5. The van der Waals surface area contributed by atoms with Gasteiger partial charge in [-0.1, -0.05) is 346 Å². The van der Waals surface area contributed by atoms with Crippen molar-refractivity contribution in [1.82, 2.24) is 0 Å². The first-order valence-electron chi connectivity index (χ1n) is 35.0. The number of allylic oxidation sites excluding steroid dienone is 6. The number of unbranched alkanes of at least 4 members (excludes halogenated alkanes) is 48. The second-order valence-corrected chi connectivity index (χ2v) is 23.8. The summed E-state index contributed by atoms with van der Waals surface area (Å²) in [7, 11) is 0. The minimum absolute atomic E-state index is 0.0657. The minimum atomic E-state index is -0.766. The number of carbonyl (C=O) groups is 3. The number of hydrogen-bond donors (Lipinski definition) is 0. The fraction of sp³-hybridized carbons (Fsp3) is 0.875. The lowest BCUT2D eigenvalue weighted by molar-refractivity contribution is -0.167. The van der Waals surface area contributed by atoms with E-state index in [1.165, 1.54) is 276 Å². The maximum atomic E-state index is 12.9. The van der Waals surface area contributed by atoms with Crippen molar-refractivity contribution in [2.75, 3.05) is 13.2 Å². The van der Waals surface area contributed by atoms with Crippen LogP contribution in [-0.4, -0.2) is 37.2 Å². The molecule has 6 nitrogen and oxygen atoms in total. The molecule has 0 heterocycles. The number of carbonyl (C=O) groups excluding carboxylic acids is 3. The highest BCUT2D eigenvalue weighted by Crippen LogP contribution is 2.18.